The number of ether oxygens (including phenoxy) is 2. The average Bonchev–Trinajstić information content (AvgIpc) is 3.10. The van der Waals surface area contributed by atoms with E-state index in [4.69, 9.17) is 27.9 Å². The lowest BCUT2D eigenvalue weighted by Gasteiger charge is -2.22. The van der Waals surface area contributed by atoms with Gasteiger partial charge in [-0.1, -0.05) is 23.2 Å². The van der Waals surface area contributed by atoms with Crippen LogP contribution >= 0.6 is 34.5 Å². The van der Waals surface area contributed by atoms with Crippen molar-refractivity contribution in [1.82, 2.24) is 9.88 Å². The smallest absolute Gasteiger partial charge is 0.357 e. The van der Waals surface area contributed by atoms with Crippen LogP contribution in [0.1, 0.15) is 39.2 Å². The molecule has 2 rings (SSSR count). The summed E-state index contributed by atoms with van der Waals surface area (Å²) in [5.74, 6) is -0.723. The van der Waals surface area contributed by atoms with Gasteiger partial charge in [-0.05, 0) is 31.5 Å². The number of thiazole rings is 1. The average molecular weight is 431 g/mol. The first kappa shape index (κ1) is 21.6. The van der Waals surface area contributed by atoms with E-state index in [-0.39, 0.29) is 18.1 Å². The number of rotatable bonds is 9. The molecule has 0 spiro atoms. The fourth-order valence-corrected chi connectivity index (χ4v) is 3.66. The minimum absolute atomic E-state index is 0.217. The first-order valence-electron chi connectivity index (χ1n) is 8.30. The van der Waals surface area contributed by atoms with Crippen molar-refractivity contribution in [3.8, 4) is 0 Å². The van der Waals surface area contributed by atoms with Crippen LogP contribution in [-0.4, -0.2) is 48.6 Å². The van der Waals surface area contributed by atoms with E-state index in [1.165, 1.54) is 18.4 Å². The predicted octanol–water partition coefficient (Wildman–Crippen LogP) is 4.31. The van der Waals surface area contributed by atoms with Gasteiger partial charge < -0.3 is 14.4 Å². The highest BCUT2D eigenvalue weighted by Gasteiger charge is 2.20. The minimum atomic E-state index is -0.506. The Bertz CT molecular complexity index is 777. The number of halogens is 2. The number of hydrogen-bond donors (Lipinski definition) is 0. The van der Waals surface area contributed by atoms with E-state index in [9.17, 15) is 9.59 Å². The van der Waals surface area contributed by atoms with Gasteiger partial charge >= 0.3 is 5.97 Å². The Hall–Kier alpha value is -1.67. The van der Waals surface area contributed by atoms with Gasteiger partial charge in [0.15, 0.2) is 5.69 Å². The number of carbonyl (C=O) groups is 2. The Balaban J connectivity index is 2.18. The minimum Gasteiger partial charge on any atom is -0.464 e. The lowest BCUT2D eigenvalue weighted by molar-refractivity contribution is 0.0594. The molecule has 0 unspecified atom stereocenters. The summed E-state index contributed by atoms with van der Waals surface area (Å²) in [4.78, 5) is 30.4. The van der Waals surface area contributed by atoms with Crippen LogP contribution in [0.5, 0.6) is 0 Å². The molecule has 0 N–H and O–H groups in total. The second-order valence-electron chi connectivity index (χ2n) is 5.55. The molecule has 0 aliphatic rings. The summed E-state index contributed by atoms with van der Waals surface area (Å²) in [7, 11) is 1.30. The van der Waals surface area contributed by atoms with Gasteiger partial charge in [-0.15, -0.1) is 11.3 Å². The summed E-state index contributed by atoms with van der Waals surface area (Å²) in [5.41, 5.74) is 0.624. The maximum atomic E-state index is 13.0. The molecule has 6 nitrogen and oxygen atoms in total. The fraction of sp³-hybridized carbons (Fsp3) is 0.389. The van der Waals surface area contributed by atoms with E-state index in [2.05, 4.69) is 9.72 Å². The van der Waals surface area contributed by atoms with Crippen molar-refractivity contribution < 1.29 is 19.1 Å². The van der Waals surface area contributed by atoms with Crippen molar-refractivity contribution in [3.05, 3.63) is 49.9 Å². The van der Waals surface area contributed by atoms with Gasteiger partial charge in [0, 0.05) is 40.7 Å². The number of hydrogen-bond acceptors (Lipinski definition) is 6. The Kier molecular flexibility index (Phi) is 8.50. The van der Waals surface area contributed by atoms with Gasteiger partial charge in [-0.2, -0.15) is 0 Å². The molecule has 1 aromatic heterocycles. The predicted molar refractivity (Wildman–Crippen MR) is 106 cm³/mol. The maximum Gasteiger partial charge on any atom is 0.357 e. The monoisotopic (exact) mass is 430 g/mol. The Morgan fingerprint density at radius 1 is 1.22 bits per heavy atom. The first-order valence-corrected chi connectivity index (χ1v) is 9.94. The van der Waals surface area contributed by atoms with Crippen LogP contribution in [0, 0.1) is 0 Å². The molecule has 2 aromatic rings. The van der Waals surface area contributed by atoms with E-state index in [0.717, 1.165) is 0 Å². The molecule has 1 aromatic carbocycles. The van der Waals surface area contributed by atoms with Gasteiger partial charge in [-0.25, -0.2) is 9.78 Å². The van der Waals surface area contributed by atoms with Gasteiger partial charge in [0.2, 0.25) is 0 Å². The molecule has 0 atom stereocenters. The zero-order chi connectivity index (χ0) is 19.8. The molecule has 1 amide bonds. The number of benzene rings is 1. The number of amides is 1. The van der Waals surface area contributed by atoms with Crippen LogP contribution in [0.15, 0.2) is 23.6 Å². The highest BCUT2D eigenvalue weighted by molar-refractivity contribution is 7.09. The molecule has 0 aliphatic carbocycles. The number of aromatic nitrogens is 1. The van der Waals surface area contributed by atoms with E-state index in [0.29, 0.717) is 46.8 Å². The maximum absolute atomic E-state index is 13.0. The number of esters is 1. The molecular formula is C18H20Cl2N2O4S. The summed E-state index contributed by atoms with van der Waals surface area (Å²) in [6, 6.07) is 4.73. The molecule has 0 bridgehead atoms. The van der Waals surface area contributed by atoms with Crippen molar-refractivity contribution in [2.45, 2.75) is 19.9 Å². The largest absolute Gasteiger partial charge is 0.464 e. The number of nitrogens with zero attached hydrogens (tertiary/aromatic N) is 2. The van der Waals surface area contributed by atoms with Gasteiger partial charge in [-0.3, -0.25) is 4.79 Å². The van der Waals surface area contributed by atoms with Crippen molar-refractivity contribution in [3.63, 3.8) is 0 Å². The molecular weight excluding hydrogens is 411 g/mol. The standard InChI is InChI=1S/C18H20Cl2N2O4S/c1-3-26-6-4-5-22(10-16-21-15(11-27-16)18(24)25-2)17(23)12-7-13(19)9-14(20)8-12/h7-9,11H,3-6,10H2,1-2H3. The lowest BCUT2D eigenvalue weighted by Crippen LogP contribution is -2.32. The lowest BCUT2D eigenvalue weighted by atomic mass is 10.2. The summed E-state index contributed by atoms with van der Waals surface area (Å²) in [6.45, 7) is 3.81. The van der Waals surface area contributed by atoms with Crippen molar-refractivity contribution in [1.29, 1.82) is 0 Å². The second-order valence-corrected chi connectivity index (χ2v) is 7.37. The van der Waals surface area contributed by atoms with Crippen LogP contribution < -0.4 is 0 Å². The van der Waals surface area contributed by atoms with Crippen LogP contribution in [0.2, 0.25) is 10.0 Å². The third-order valence-electron chi connectivity index (χ3n) is 3.59. The van der Waals surface area contributed by atoms with Gasteiger partial charge in [0.1, 0.15) is 5.01 Å². The van der Waals surface area contributed by atoms with Gasteiger partial charge in [0.05, 0.1) is 13.7 Å². The van der Waals surface area contributed by atoms with E-state index >= 15 is 0 Å². The SMILES string of the molecule is CCOCCCN(Cc1nc(C(=O)OC)cs1)C(=O)c1cc(Cl)cc(Cl)c1. The first-order chi connectivity index (χ1) is 12.9. The Morgan fingerprint density at radius 2 is 1.93 bits per heavy atom. The summed E-state index contributed by atoms with van der Waals surface area (Å²) >= 11 is 13.3. The summed E-state index contributed by atoms with van der Waals surface area (Å²) in [6.07, 6.45) is 0.670. The number of methoxy groups -OCH3 is 1. The summed E-state index contributed by atoms with van der Waals surface area (Å²) in [5, 5.41) is 3.03. The van der Waals surface area contributed by atoms with E-state index in [1.807, 2.05) is 6.92 Å². The normalized spacial score (nSPS) is 10.7. The third-order valence-corrected chi connectivity index (χ3v) is 4.86. The van der Waals surface area contributed by atoms with Crippen LogP contribution in [-0.2, 0) is 16.0 Å². The van der Waals surface area contributed by atoms with Crippen molar-refractivity contribution in [2.24, 2.45) is 0 Å². The highest BCUT2D eigenvalue weighted by atomic mass is 35.5. The molecule has 146 valence electrons. The third kappa shape index (κ3) is 6.46. The number of carbonyl (C=O) groups excluding carboxylic acids is 2. The molecule has 0 radical (unpaired) electrons. The molecule has 0 fully saturated rings. The summed E-state index contributed by atoms with van der Waals surface area (Å²) < 4.78 is 10.0. The van der Waals surface area contributed by atoms with Gasteiger partial charge in [0.25, 0.3) is 5.91 Å². The van der Waals surface area contributed by atoms with E-state index < -0.39 is 5.97 Å². The van der Waals surface area contributed by atoms with Crippen LogP contribution in [0.3, 0.4) is 0 Å². The molecule has 9 heteroatoms. The van der Waals surface area contributed by atoms with Crippen molar-refractivity contribution >= 4 is 46.4 Å². The Labute approximate surface area is 172 Å². The molecule has 0 saturated heterocycles. The van der Waals surface area contributed by atoms with Crippen LogP contribution in [0.4, 0.5) is 0 Å². The van der Waals surface area contributed by atoms with Crippen LogP contribution in [0.25, 0.3) is 0 Å². The molecule has 0 saturated carbocycles. The fourth-order valence-electron chi connectivity index (χ4n) is 2.36. The van der Waals surface area contributed by atoms with Crippen molar-refractivity contribution in [2.75, 3.05) is 26.9 Å². The highest BCUT2D eigenvalue weighted by Crippen LogP contribution is 2.22. The zero-order valence-corrected chi connectivity index (χ0v) is 17.4. The zero-order valence-electron chi connectivity index (χ0n) is 15.0. The Morgan fingerprint density at radius 3 is 2.56 bits per heavy atom. The second kappa shape index (κ2) is 10.6. The molecule has 27 heavy (non-hydrogen) atoms. The molecule has 0 aliphatic heterocycles. The molecule has 1 heterocycles. The van der Waals surface area contributed by atoms with E-state index in [1.54, 1.807) is 28.5 Å². The topological polar surface area (TPSA) is 68.7 Å². The quantitative estimate of drug-likeness (QED) is 0.437.